The van der Waals surface area contributed by atoms with Crippen molar-refractivity contribution in [3.05, 3.63) is 29.8 Å². The van der Waals surface area contributed by atoms with Gasteiger partial charge in [-0.25, -0.2) is 0 Å². The second-order valence-corrected chi connectivity index (χ2v) is 7.06. The molecule has 1 atom stereocenters. The summed E-state index contributed by atoms with van der Waals surface area (Å²) in [6, 6.07) is 7.73. The van der Waals surface area contributed by atoms with E-state index in [1.165, 1.54) is 18.6 Å². The van der Waals surface area contributed by atoms with Crippen molar-refractivity contribution in [2.45, 2.75) is 37.4 Å². The van der Waals surface area contributed by atoms with Crippen molar-refractivity contribution >= 4 is 35.8 Å². The topological polar surface area (TPSA) is 55.1 Å². The number of thioether (sulfide) groups is 1. The number of carbonyl (C=O) groups excluding carboxylic acids is 1. The first-order valence-corrected chi connectivity index (χ1v) is 7.82. The number of benzene rings is 1. The molecule has 1 aliphatic rings. The number of nitrogens with two attached hydrogens (primary N) is 1. The number of halogens is 1. The highest BCUT2D eigenvalue weighted by atomic mass is 35.5. The van der Waals surface area contributed by atoms with Gasteiger partial charge in [0.2, 0.25) is 5.91 Å². The molecule has 2 rings (SSSR count). The molecule has 0 radical (unpaired) electrons. The van der Waals surface area contributed by atoms with Crippen LogP contribution in [-0.2, 0) is 11.2 Å². The molecule has 3 nitrogen and oxygen atoms in total. The summed E-state index contributed by atoms with van der Waals surface area (Å²) in [6.45, 7) is 3.01. The lowest BCUT2D eigenvalue weighted by Crippen LogP contribution is -2.36. The summed E-state index contributed by atoms with van der Waals surface area (Å²) in [4.78, 5) is 11.9. The highest BCUT2D eigenvalue weighted by Gasteiger charge is 2.29. The average Bonchev–Trinajstić information content (AvgIpc) is 2.83. The number of hydrogen-bond donors (Lipinski definition) is 2. The van der Waals surface area contributed by atoms with Crippen LogP contribution in [-0.4, -0.2) is 23.0 Å². The first-order valence-electron chi connectivity index (χ1n) is 6.83. The molecule has 0 bridgehead atoms. The van der Waals surface area contributed by atoms with Crippen molar-refractivity contribution in [2.24, 2.45) is 0 Å². The number of carbonyl (C=O) groups is 1. The van der Waals surface area contributed by atoms with Crippen LogP contribution in [0.4, 0.5) is 5.69 Å². The lowest BCUT2D eigenvalue weighted by molar-refractivity contribution is -0.121. The van der Waals surface area contributed by atoms with Gasteiger partial charge in [-0.3, -0.25) is 4.79 Å². The maximum Gasteiger partial charge on any atom is 0.220 e. The first kappa shape index (κ1) is 17.2. The molecule has 1 saturated heterocycles. The normalized spacial score (nSPS) is 21.2. The third-order valence-corrected chi connectivity index (χ3v) is 5.17. The zero-order valence-electron chi connectivity index (χ0n) is 11.9. The zero-order valence-corrected chi connectivity index (χ0v) is 13.5. The third kappa shape index (κ3) is 4.91. The Labute approximate surface area is 131 Å². The third-order valence-electron chi connectivity index (χ3n) is 3.64. The van der Waals surface area contributed by atoms with Crippen LogP contribution in [0.5, 0.6) is 0 Å². The molecule has 3 N–H and O–H groups in total. The Balaban J connectivity index is 0.00000200. The van der Waals surface area contributed by atoms with Crippen LogP contribution in [0.1, 0.15) is 31.7 Å². The van der Waals surface area contributed by atoms with Gasteiger partial charge in [0.25, 0.3) is 0 Å². The van der Waals surface area contributed by atoms with Crippen LogP contribution in [0.25, 0.3) is 0 Å². The van der Waals surface area contributed by atoms with Gasteiger partial charge < -0.3 is 11.1 Å². The van der Waals surface area contributed by atoms with Crippen molar-refractivity contribution < 1.29 is 4.79 Å². The molecule has 0 saturated carbocycles. The number of aryl methyl sites for hydroxylation is 1. The molecule has 1 amide bonds. The van der Waals surface area contributed by atoms with Crippen LogP contribution >= 0.6 is 24.2 Å². The standard InChI is InChI=1S/C15H22N2OS.ClH/c1-15(9-4-10-19-15)11-17-14(18)8-7-12-5-2-3-6-13(12)16;/h2-3,5-6H,4,7-11,16H2,1H3,(H,17,18);1H. The molecule has 1 fully saturated rings. The Morgan fingerprint density at radius 1 is 1.45 bits per heavy atom. The Bertz CT molecular complexity index is 447. The second-order valence-electron chi connectivity index (χ2n) is 5.38. The molecule has 0 aliphatic carbocycles. The van der Waals surface area contributed by atoms with E-state index in [0.29, 0.717) is 12.8 Å². The number of nitrogen functional groups attached to an aromatic ring is 1. The summed E-state index contributed by atoms with van der Waals surface area (Å²) in [5.41, 5.74) is 7.69. The molecule has 112 valence electrons. The second kappa shape index (κ2) is 7.79. The van der Waals surface area contributed by atoms with Gasteiger partial charge in [0.05, 0.1) is 0 Å². The maximum atomic E-state index is 11.9. The van der Waals surface area contributed by atoms with Crippen molar-refractivity contribution in [1.82, 2.24) is 5.32 Å². The number of amides is 1. The minimum absolute atomic E-state index is 0. The summed E-state index contributed by atoms with van der Waals surface area (Å²) in [6.07, 6.45) is 3.68. The Morgan fingerprint density at radius 2 is 2.20 bits per heavy atom. The highest BCUT2D eigenvalue weighted by Crippen LogP contribution is 2.36. The van der Waals surface area contributed by atoms with E-state index in [0.717, 1.165) is 17.8 Å². The van der Waals surface area contributed by atoms with Crippen molar-refractivity contribution in [1.29, 1.82) is 0 Å². The van der Waals surface area contributed by atoms with Crippen LogP contribution < -0.4 is 11.1 Å². The van der Waals surface area contributed by atoms with Crippen molar-refractivity contribution in [3.63, 3.8) is 0 Å². The van der Waals surface area contributed by atoms with E-state index < -0.39 is 0 Å². The number of hydrogen-bond acceptors (Lipinski definition) is 3. The monoisotopic (exact) mass is 314 g/mol. The fourth-order valence-corrected chi connectivity index (χ4v) is 3.60. The van der Waals surface area contributed by atoms with Gasteiger partial charge in [0.1, 0.15) is 0 Å². The van der Waals surface area contributed by atoms with E-state index in [1.807, 2.05) is 36.0 Å². The predicted molar refractivity (Wildman–Crippen MR) is 89.5 cm³/mol. The summed E-state index contributed by atoms with van der Waals surface area (Å²) < 4.78 is 0.238. The summed E-state index contributed by atoms with van der Waals surface area (Å²) in [5, 5.41) is 3.05. The van der Waals surface area contributed by atoms with E-state index in [-0.39, 0.29) is 23.1 Å². The molecular weight excluding hydrogens is 292 g/mol. The Hall–Kier alpha value is -0.870. The summed E-state index contributed by atoms with van der Waals surface area (Å²) >= 11 is 1.97. The molecule has 1 unspecified atom stereocenters. The first-order chi connectivity index (χ1) is 9.09. The molecule has 0 spiro atoms. The average molecular weight is 315 g/mol. The van der Waals surface area contributed by atoms with Gasteiger partial charge in [0, 0.05) is 23.4 Å². The molecule has 20 heavy (non-hydrogen) atoms. The van der Waals surface area contributed by atoms with Crippen LogP contribution in [0.15, 0.2) is 24.3 Å². The smallest absolute Gasteiger partial charge is 0.220 e. The number of rotatable bonds is 5. The summed E-state index contributed by atoms with van der Waals surface area (Å²) in [5.74, 6) is 1.34. The number of anilines is 1. The minimum atomic E-state index is 0. The Morgan fingerprint density at radius 3 is 2.85 bits per heavy atom. The van der Waals surface area contributed by atoms with Gasteiger partial charge in [-0.2, -0.15) is 11.8 Å². The number of para-hydroxylation sites is 1. The fraction of sp³-hybridized carbons (Fsp3) is 0.533. The SMILES string of the molecule is CC1(CNC(=O)CCc2ccccc2N)CCCS1.Cl. The molecule has 1 heterocycles. The Kier molecular flexibility index (Phi) is 6.69. The largest absolute Gasteiger partial charge is 0.399 e. The molecule has 0 aromatic heterocycles. The van der Waals surface area contributed by atoms with Crippen LogP contribution in [0.3, 0.4) is 0 Å². The fourth-order valence-electron chi connectivity index (χ4n) is 2.36. The zero-order chi connectivity index (χ0) is 13.7. The molecular formula is C15H23ClN2OS. The van der Waals surface area contributed by atoms with Gasteiger partial charge in [-0.15, -0.1) is 12.4 Å². The lowest BCUT2D eigenvalue weighted by atomic mass is 10.1. The predicted octanol–water partition coefficient (Wildman–Crippen LogP) is 3.03. The van der Waals surface area contributed by atoms with Crippen LogP contribution in [0.2, 0.25) is 0 Å². The quantitative estimate of drug-likeness (QED) is 0.821. The van der Waals surface area contributed by atoms with E-state index in [1.54, 1.807) is 0 Å². The van der Waals surface area contributed by atoms with Crippen molar-refractivity contribution in [3.8, 4) is 0 Å². The molecule has 5 heteroatoms. The molecule has 1 aromatic rings. The van der Waals surface area contributed by atoms with E-state index >= 15 is 0 Å². The summed E-state index contributed by atoms with van der Waals surface area (Å²) in [7, 11) is 0. The van der Waals surface area contributed by atoms with E-state index in [4.69, 9.17) is 5.73 Å². The van der Waals surface area contributed by atoms with Crippen molar-refractivity contribution in [2.75, 3.05) is 18.0 Å². The highest BCUT2D eigenvalue weighted by molar-refractivity contribution is 8.00. The maximum absolute atomic E-state index is 11.9. The molecule has 1 aromatic carbocycles. The van der Waals surface area contributed by atoms with Gasteiger partial charge >= 0.3 is 0 Å². The van der Waals surface area contributed by atoms with Gasteiger partial charge in [-0.1, -0.05) is 18.2 Å². The van der Waals surface area contributed by atoms with E-state index in [2.05, 4.69) is 12.2 Å². The minimum Gasteiger partial charge on any atom is -0.399 e. The van der Waals surface area contributed by atoms with Crippen LogP contribution in [0, 0.1) is 0 Å². The van der Waals surface area contributed by atoms with E-state index in [9.17, 15) is 4.79 Å². The number of nitrogens with one attached hydrogen (secondary N) is 1. The lowest BCUT2D eigenvalue weighted by Gasteiger charge is -2.22. The molecule has 1 aliphatic heterocycles. The van der Waals surface area contributed by atoms with Gasteiger partial charge in [-0.05, 0) is 43.6 Å². The van der Waals surface area contributed by atoms with Gasteiger partial charge in [0.15, 0.2) is 0 Å².